The maximum atomic E-state index is 13.2. The fourth-order valence-electron chi connectivity index (χ4n) is 4.02. The Kier molecular flexibility index (Phi) is 8.00. The second-order valence-electron chi connectivity index (χ2n) is 7.64. The summed E-state index contributed by atoms with van der Waals surface area (Å²) in [6, 6.07) is 11.1. The summed E-state index contributed by atoms with van der Waals surface area (Å²) in [5, 5.41) is 11.5. The summed E-state index contributed by atoms with van der Waals surface area (Å²) in [5.41, 5.74) is 0.877. The van der Waals surface area contributed by atoms with Gasteiger partial charge in [-0.15, -0.1) is 0 Å². The van der Waals surface area contributed by atoms with Gasteiger partial charge in [0, 0.05) is 18.7 Å². The summed E-state index contributed by atoms with van der Waals surface area (Å²) in [6.07, 6.45) is 0. The zero-order valence-electron chi connectivity index (χ0n) is 19.3. The van der Waals surface area contributed by atoms with Crippen molar-refractivity contribution in [3.63, 3.8) is 0 Å². The van der Waals surface area contributed by atoms with Gasteiger partial charge in [0.15, 0.2) is 0 Å². The first kappa shape index (κ1) is 24.6. The highest BCUT2D eigenvalue weighted by atomic mass is 35.5. The quantitative estimate of drug-likeness (QED) is 0.336. The molecule has 8 heteroatoms. The molecule has 3 rings (SSSR count). The van der Waals surface area contributed by atoms with Crippen LogP contribution < -0.4 is 9.47 Å². The predicted molar refractivity (Wildman–Crippen MR) is 128 cm³/mol. The van der Waals surface area contributed by atoms with Gasteiger partial charge in [0.1, 0.15) is 17.3 Å². The number of hydrogen-bond donors (Lipinski definition) is 1. The molecule has 1 atom stereocenters. The molecule has 1 saturated heterocycles. The van der Waals surface area contributed by atoms with E-state index in [2.05, 4.69) is 4.90 Å². The van der Waals surface area contributed by atoms with E-state index >= 15 is 0 Å². The molecule has 1 aliphatic heterocycles. The number of hydrogen-bond acceptors (Lipinski definition) is 6. The van der Waals surface area contributed by atoms with Gasteiger partial charge in [-0.2, -0.15) is 0 Å². The van der Waals surface area contributed by atoms with E-state index in [1.54, 1.807) is 43.5 Å². The Morgan fingerprint density at radius 1 is 1.06 bits per heavy atom. The van der Waals surface area contributed by atoms with Crippen LogP contribution in [0.4, 0.5) is 0 Å². The highest BCUT2D eigenvalue weighted by molar-refractivity contribution is 6.47. The van der Waals surface area contributed by atoms with E-state index in [4.69, 9.17) is 21.1 Å². The lowest BCUT2D eigenvalue weighted by Gasteiger charge is -2.28. The smallest absolute Gasteiger partial charge is 0.295 e. The molecule has 0 aromatic heterocycles. The minimum Gasteiger partial charge on any atom is -0.507 e. The molecule has 7 nitrogen and oxygen atoms in total. The van der Waals surface area contributed by atoms with Crippen molar-refractivity contribution < 1.29 is 24.2 Å². The number of halogens is 1. The van der Waals surface area contributed by atoms with Gasteiger partial charge in [-0.1, -0.05) is 37.6 Å². The monoisotopic (exact) mass is 472 g/mol. The molecule has 1 fully saturated rings. The van der Waals surface area contributed by atoms with Crippen molar-refractivity contribution in [2.24, 2.45) is 0 Å². The van der Waals surface area contributed by atoms with Crippen molar-refractivity contribution in [1.29, 1.82) is 0 Å². The molecule has 176 valence electrons. The summed E-state index contributed by atoms with van der Waals surface area (Å²) in [4.78, 5) is 30.0. The average molecular weight is 473 g/mol. The summed E-state index contributed by atoms with van der Waals surface area (Å²) < 4.78 is 10.6. The van der Waals surface area contributed by atoms with E-state index in [-0.39, 0.29) is 21.9 Å². The lowest BCUT2D eigenvalue weighted by Crippen LogP contribution is -2.38. The Bertz CT molecular complexity index is 1060. The number of methoxy groups -OCH3 is 2. The Hall–Kier alpha value is -3.03. The molecule has 33 heavy (non-hydrogen) atoms. The van der Waals surface area contributed by atoms with Gasteiger partial charge in [-0.25, -0.2) is 0 Å². The van der Waals surface area contributed by atoms with Crippen LogP contribution in [0.1, 0.15) is 31.0 Å². The van der Waals surface area contributed by atoms with Crippen LogP contribution in [-0.4, -0.2) is 67.0 Å². The molecule has 1 aliphatic rings. The Balaban J connectivity index is 2.17. The van der Waals surface area contributed by atoms with Gasteiger partial charge in [0.05, 0.1) is 30.9 Å². The lowest BCUT2D eigenvalue weighted by molar-refractivity contribution is -0.140. The van der Waals surface area contributed by atoms with E-state index in [1.165, 1.54) is 12.0 Å². The van der Waals surface area contributed by atoms with Gasteiger partial charge < -0.3 is 24.4 Å². The molecule has 0 aliphatic carbocycles. The van der Waals surface area contributed by atoms with Crippen LogP contribution in [0, 0.1) is 0 Å². The molecule has 0 spiro atoms. The Labute approximate surface area is 199 Å². The second-order valence-corrected chi connectivity index (χ2v) is 8.05. The SMILES string of the molecule is CCN(CC)CCN1C(=O)C(=O)/C(=C(/O)c2cc(OC)ccc2Cl)C1c1cccc(OC)c1. The first-order valence-electron chi connectivity index (χ1n) is 10.8. The fraction of sp³-hybridized carbons (Fsp3) is 0.360. The highest BCUT2D eigenvalue weighted by Gasteiger charge is 2.46. The van der Waals surface area contributed by atoms with Crippen molar-refractivity contribution in [2.45, 2.75) is 19.9 Å². The number of likely N-dealkylation sites (tertiary alicyclic amines) is 1. The first-order valence-corrected chi connectivity index (χ1v) is 11.2. The molecular formula is C25H29ClN2O5. The zero-order valence-corrected chi connectivity index (χ0v) is 20.1. The number of aliphatic hydroxyl groups excluding tert-OH is 1. The van der Waals surface area contributed by atoms with Crippen LogP contribution in [0.3, 0.4) is 0 Å². The standard InChI is InChI=1S/C25H29ClN2O5/c1-5-27(6-2)12-13-28-22(16-8-7-9-17(14-16)32-3)21(24(30)25(28)31)23(29)19-15-18(33-4)10-11-20(19)26/h7-11,14-15,22,29H,5-6,12-13H2,1-4H3/b23-21+. The van der Waals surface area contributed by atoms with Crippen LogP contribution >= 0.6 is 11.6 Å². The van der Waals surface area contributed by atoms with E-state index in [0.717, 1.165) is 13.1 Å². The number of ether oxygens (including phenoxy) is 2. The molecule has 1 unspecified atom stereocenters. The summed E-state index contributed by atoms with van der Waals surface area (Å²) in [6.45, 7) is 6.66. The van der Waals surface area contributed by atoms with Crippen LogP contribution in [0.5, 0.6) is 11.5 Å². The molecule has 0 bridgehead atoms. The normalized spacial score (nSPS) is 17.6. The minimum atomic E-state index is -0.780. The first-order chi connectivity index (χ1) is 15.9. The van der Waals surface area contributed by atoms with Crippen LogP contribution in [0.15, 0.2) is 48.0 Å². The summed E-state index contributed by atoms with van der Waals surface area (Å²) in [5.74, 6) is -0.694. The zero-order chi connectivity index (χ0) is 24.1. The topological polar surface area (TPSA) is 79.3 Å². The summed E-state index contributed by atoms with van der Waals surface area (Å²) in [7, 11) is 3.04. The number of likely N-dealkylation sites (N-methyl/N-ethyl adjacent to an activating group) is 1. The van der Waals surface area contributed by atoms with Gasteiger partial charge in [0.25, 0.3) is 11.7 Å². The molecule has 0 radical (unpaired) electrons. The van der Waals surface area contributed by atoms with Crippen molar-refractivity contribution in [3.8, 4) is 11.5 Å². The molecule has 2 aromatic rings. The maximum Gasteiger partial charge on any atom is 0.295 e. The van der Waals surface area contributed by atoms with Crippen molar-refractivity contribution >= 4 is 29.1 Å². The molecule has 1 N–H and O–H groups in total. The number of ketones is 1. The second kappa shape index (κ2) is 10.7. The van der Waals surface area contributed by atoms with Crippen LogP contribution in [-0.2, 0) is 9.59 Å². The predicted octanol–water partition coefficient (Wildman–Crippen LogP) is 4.12. The number of amides is 1. The largest absolute Gasteiger partial charge is 0.507 e. The van der Waals surface area contributed by atoms with Gasteiger partial charge in [0.2, 0.25) is 0 Å². The van der Waals surface area contributed by atoms with Gasteiger partial charge in [-0.05, 0) is 49.0 Å². The molecule has 0 saturated carbocycles. The third kappa shape index (κ3) is 4.99. The molecule has 2 aromatic carbocycles. The maximum absolute atomic E-state index is 13.2. The van der Waals surface area contributed by atoms with Crippen molar-refractivity contribution in [2.75, 3.05) is 40.4 Å². The van der Waals surface area contributed by atoms with E-state index in [0.29, 0.717) is 30.2 Å². The molecule has 1 heterocycles. The molecular weight excluding hydrogens is 444 g/mol. The number of carbonyl (C=O) groups is 2. The number of carbonyl (C=O) groups excluding carboxylic acids is 2. The number of nitrogens with zero attached hydrogens (tertiary/aromatic N) is 2. The Morgan fingerprint density at radius 3 is 2.36 bits per heavy atom. The fourth-order valence-corrected chi connectivity index (χ4v) is 4.22. The number of aliphatic hydroxyl groups is 1. The lowest BCUT2D eigenvalue weighted by atomic mass is 9.95. The Morgan fingerprint density at radius 2 is 1.73 bits per heavy atom. The van der Waals surface area contributed by atoms with E-state index in [9.17, 15) is 14.7 Å². The summed E-state index contributed by atoms with van der Waals surface area (Å²) >= 11 is 6.34. The third-order valence-corrected chi connectivity index (χ3v) is 6.26. The number of Topliss-reactive ketones (excluding diaryl/α,β-unsaturated/α-hetero) is 1. The van der Waals surface area contributed by atoms with Crippen LogP contribution in [0.2, 0.25) is 5.02 Å². The van der Waals surface area contributed by atoms with Gasteiger partial charge >= 0.3 is 0 Å². The third-order valence-electron chi connectivity index (χ3n) is 5.93. The average Bonchev–Trinajstić information content (AvgIpc) is 3.09. The highest BCUT2D eigenvalue weighted by Crippen LogP contribution is 2.41. The van der Waals surface area contributed by atoms with Gasteiger partial charge in [-0.3, -0.25) is 9.59 Å². The number of rotatable bonds is 9. The molecule has 1 amide bonds. The van der Waals surface area contributed by atoms with Crippen molar-refractivity contribution in [1.82, 2.24) is 9.80 Å². The van der Waals surface area contributed by atoms with E-state index < -0.39 is 17.7 Å². The van der Waals surface area contributed by atoms with E-state index in [1.807, 2.05) is 19.9 Å². The van der Waals surface area contributed by atoms with Crippen LogP contribution in [0.25, 0.3) is 5.76 Å². The number of benzene rings is 2. The minimum absolute atomic E-state index is 0.0112. The van der Waals surface area contributed by atoms with Crippen molar-refractivity contribution in [3.05, 3.63) is 64.2 Å².